The molecule has 0 aromatic heterocycles. The average molecular weight is 401 g/mol. The van der Waals surface area contributed by atoms with E-state index in [-0.39, 0.29) is 18.8 Å². The van der Waals surface area contributed by atoms with Crippen LogP contribution < -0.4 is 0 Å². The van der Waals surface area contributed by atoms with Crippen LogP contribution in [0.3, 0.4) is 0 Å². The first kappa shape index (κ1) is 19.3. The van der Waals surface area contributed by atoms with Gasteiger partial charge in [0.25, 0.3) is 5.91 Å². The highest BCUT2D eigenvalue weighted by atomic mass is 16.6. The lowest BCUT2D eigenvalue weighted by atomic mass is 9.80. The Morgan fingerprint density at radius 3 is 2.28 bits per heavy atom. The van der Waals surface area contributed by atoms with Gasteiger partial charge in [0, 0.05) is 0 Å². The number of amides is 1. The molecule has 2 bridgehead atoms. The van der Waals surface area contributed by atoms with Crippen LogP contribution >= 0.6 is 0 Å². The lowest BCUT2D eigenvalue weighted by Crippen LogP contribution is -2.61. The van der Waals surface area contributed by atoms with Gasteiger partial charge >= 0.3 is 11.9 Å². The molecule has 4 rings (SSSR count). The van der Waals surface area contributed by atoms with Crippen molar-refractivity contribution in [3.05, 3.63) is 47.0 Å². The lowest BCUT2D eigenvalue weighted by molar-refractivity contribution is -0.185. The number of nitrogens with zero attached hydrogens (tertiary/aromatic N) is 1. The second kappa shape index (κ2) is 6.50. The Bertz CT molecular complexity index is 954. The minimum atomic E-state index is -2.28. The predicted octanol–water partition coefficient (Wildman–Crippen LogP) is 0.297. The second-order valence-corrected chi connectivity index (χ2v) is 6.97. The number of ether oxygens (including phenoxy) is 4. The third kappa shape index (κ3) is 2.28. The number of hydrogen-bond acceptors (Lipinski definition) is 8. The monoisotopic (exact) mass is 401 g/mol. The Kier molecular flexibility index (Phi) is 4.32. The number of fused-ring (bicyclic) bond motifs is 1. The van der Waals surface area contributed by atoms with Crippen molar-refractivity contribution < 1.29 is 38.1 Å². The number of rotatable bonds is 4. The largest absolute Gasteiger partial charge is 0.466 e. The number of hydrogen-bond donors (Lipinski definition) is 0. The molecule has 3 atom stereocenters. The summed E-state index contributed by atoms with van der Waals surface area (Å²) in [5, 5.41) is 0. The topological polar surface area (TPSA) is 108 Å². The van der Waals surface area contributed by atoms with Crippen molar-refractivity contribution in [2.24, 2.45) is 0 Å². The molecule has 1 aromatic carbocycles. The van der Waals surface area contributed by atoms with E-state index < -0.39 is 46.6 Å². The summed E-state index contributed by atoms with van der Waals surface area (Å²) in [6.45, 7) is 1.03. The summed E-state index contributed by atoms with van der Waals surface area (Å²) < 4.78 is 21.3. The predicted molar refractivity (Wildman–Crippen MR) is 95.1 cm³/mol. The Hall–Kier alpha value is -3.04. The Morgan fingerprint density at radius 1 is 1.07 bits per heavy atom. The van der Waals surface area contributed by atoms with E-state index in [9.17, 15) is 19.2 Å². The van der Waals surface area contributed by atoms with E-state index in [0.717, 1.165) is 26.7 Å². The molecule has 0 saturated carbocycles. The van der Waals surface area contributed by atoms with Crippen molar-refractivity contribution in [2.75, 3.05) is 27.4 Å². The van der Waals surface area contributed by atoms with Crippen LogP contribution in [-0.4, -0.2) is 67.3 Å². The molecule has 152 valence electrons. The fourth-order valence-corrected chi connectivity index (χ4v) is 4.36. The third-order valence-electron chi connectivity index (χ3n) is 5.57. The standard InChI is InChI=1S/C20H19NO8/c1-11(22)20-15(17(24)27-3)14(16(23)26-2)19(29-20)10-28-9-13(21(19)18(20)25)12-7-5-4-6-8-12/h4-8,13H,9-10H2,1-3H3/t13-,19+,20-/m0/s1. The quantitative estimate of drug-likeness (QED) is 0.524. The molecule has 1 aromatic rings. The maximum atomic E-state index is 13.6. The maximum Gasteiger partial charge on any atom is 0.339 e. The van der Waals surface area contributed by atoms with E-state index in [0.29, 0.717) is 0 Å². The summed E-state index contributed by atoms with van der Waals surface area (Å²) in [6, 6.07) is 8.40. The number of methoxy groups -OCH3 is 2. The van der Waals surface area contributed by atoms with Crippen LogP contribution in [0.15, 0.2) is 41.5 Å². The number of ketones is 1. The molecule has 0 radical (unpaired) electrons. The van der Waals surface area contributed by atoms with Gasteiger partial charge in [-0.3, -0.25) is 14.5 Å². The molecule has 29 heavy (non-hydrogen) atoms. The van der Waals surface area contributed by atoms with Crippen LogP contribution in [0.5, 0.6) is 0 Å². The van der Waals surface area contributed by atoms with Crippen molar-refractivity contribution in [1.29, 1.82) is 0 Å². The molecule has 3 heterocycles. The molecule has 3 aliphatic heterocycles. The highest BCUT2D eigenvalue weighted by Gasteiger charge is 2.77. The van der Waals surface area contributed by atoms with E-state index in [1.807, 2.05) is 6.07 Å². The van der Waals surface area contributed by atoms with Gasteiger partial charge in [0.05, 0.1) is 33.5 Å². The zero-order valence-electron chi connectivity index (χ0n) is 16.1. The maximum absolute atomic E-state index is 13.6. The highest BCUT2D eigenvalue weighted by molar-refractivity contribution is 6.24. The summed E-state index contributed by atoms with van der Waals surface area (Å²) in [5.74, 6) is -3.37. The van der Waals surface area contributed by atoms with E-state index in [4.69, 9.17) is 18.9 Å². The van der Waals surface area contributed by atoms with Gasteiger partial charge in [-0.2, -0.15) is 0 Å². The van der Waals surface area contributed by atoms with Gasteiger partial charge < -0.3 is 18.9 Å². The van der Waals surface area contributed by atoms with Crippen molar-refractivity contribution in [3.8, 4) is 0 Å². The van der Waals surface area contributed by atoms with Gasteiger partial charge in [-0.1, -0.05) is 30.3 Å². The Balaban J connectivity index is 2.00. The summed E-state index contributed by atoms with van der Waals surface area (Å²) in [4.78, 5) is 52.9. The van der Waals surface area contributed by atoms with Gasteiger partial charge in [0.15, 0.2) is 5.78 Å². The van der Waals surface area contributed by atoms with E-state index in [1.54, 1.807) is 24.3 Å². The Morgan fingerprint density at radius 2 is 1.69 bits per heavy atom. The van der Waals surface area contributed by atoms with Gasteiger partial charge in [-0.15, -0.1) is 0 Å². The summed E-state index contributed by atoms with van der Waals surface area (Å²) in [6.07, 6.45) is 0. The van der Waals surface area contributed by atoms with Crippen LogP contribution in [0.4, 0.5) is 0 Å². The molecule has 1 amide bonds. The van der Waals surface area contributed by atoms with Crippen molar-refractivity contribution in [3.63, 3.8) is 0 Å². The minimum Gasteiger partial charge on any atom is -0.466 e. The molecule has 9 nitrogen and oxygen atoms in total. The van der Waals surface area contributed by atoms with Gasteiger partial charge in [0.2, 0.25) is 11.3 Å². The lowest BCUT2D eigenvalue weighted by Gasteiger charge is -2.45. The molecular formula is C20H19NO8. The first-order valence-electron chi connectivity index (χ1n) is 8.94. The molecule has 2 saturated heterocycles. The summed E-state index contributed by atoms with van der Waals surface area (Å²) >= 11 is 0. The van der Waals surface area contributed by atoms with Gasteiger partial charge in [0.1, 0.15) is 11.1 Å². The third-order valence-corrected chi connectivity index (χ3v) is 5.57. The van der Waals surface area contributed by atoms with Crippen LogP contribution in [0.25, 0.3) is 0 Å². The van der Waals surface area contributed by atoms with Crippen molar-refractivity contribution >= 4 is 23.6 Å². The zero-order chi connectivity index (χ0) is 21.0. The summed E-state index contributed by atoms with van der Waals surface area (Å²) in [7, 11) is 2.23. The number of esters is 2. The molecule has 1 spiro atoms. The molecular weight excluding hydrogens is 382 g/mol. The highest BCUT2D eigenvalue weighted by Crippen LogP contribution is 2.57. The summed E-state index contributed by atoms with van der Waals surface area (Å²) in [5.41, 5.74) is -4.01. The van der Waals surface area contributed by atoms with Crippen LogP contribution in [-0.2, 0) is 38.1 Å². The van der Waals surface area contributed by atoms with E-state index >= 15 is 0 Å². The van der Waals surface area contributed by atoms with Gasteiger partial charge in [-0.05, 0) is 12.5 Å². The first-order valence-corrected chi connectivity index (χ1v) is 8.94. The van der Waals surface area contributed by atoms with Crippen LogP contribution in [0.1, 0.15) is 18.5 Å². The van der Waals surface area contributed by atoms with Gasteiger partial charge in [-0.25, -0.2) is 9.59 Å². The number of morpholine rings is 1. The minimum absolute atomic E-state index is 0.136. The molecule has 0 aliphatic carbocycles. The van der Waals surface area contributed by atoms with E-state index in [1.165, 1.54) is 4.90 Å². The number of carbonyl (C=O) groups is 4. The number of benzene rings is 1. The number of Topliss-reactive ketones (excluding diaryl/α,β-unsaturated/α-hetero) is 1. The SMILES string of the molecule is COC(=O)C1=C(C(=O)OC)[C@]23COC[C@@H](c4ccccc4)N2C(=O)[C@@]1(C(C)=O)O3. The smallest absolute Gasteiger partial charge is 0.339 e. The fraction of sp³-hybridized carbons (Fsp3) is 0.400. The van der Waals surface area contributed by atoms with Crippen LogP contribution in [0, 0.1) is 0 Å². The zero-order valence-corrected chi connectivity index (χ0v) is 16.1. The second-order valence-electron chi connectivity index (χ2n) is 6.97. The molecule has 0 N–H and O–H groups in total. The average Bonchev–Trinajstić information content (AvgIpc) is 3.19. The fourth-order valence-electron chi connectivity index (χ4n) is 4.36. The Labute approximate surface area is 166 Å². The molecule has 0 unspecified atom stereocenters. The first-order chi connectivity index (χ1) is 13.8. The van der Waals surface area contributed by atoms with Crippen molar-refractivity contribution in [1.82, 2.24) is 4.90 Å². The molecule has 9 heteroatoms. The van der Waals surface area contributed by atoms with Crippen LogP contribution in [0.2, 0.25) is 0 Å². The normalized spacial score (nSPS) is 30.2. The molecule has 2 fully saturated rings. The number of carbonyl (C=O) groups excluding carboxylic acids is 4. The molecule has 3 aliphatic rings. The van der Waals surface area contributed by atoms with Crippen molar-refractivity contribution in [2.45, 2.75) is 24.3 Å². The van der Waals surface area contributed by atoms with E-state index in [2.05, 4.69) is 0 Å².